The third kappa shape index (κ3) is 9.32. The number of hydrogen-bond acceptors (Lipinski definition) is 8. The second-order valence-electron chi connectivity index (χ2n) is 9.35. The lowest BCUT2D eigenvalue weighted by Crippen LogP contribution is -2.18. The number of pyridine rings is 1. The van der Waals surface area contributed by atoms with Crippen molar-refractivity contribution in [3.05, 3.63) is 71.7 Å². The molecule has 0 amide bonds. The normalized spacial score (nSPS) is 11.6. The Morgan fingerprint density at radius 1 is 0.947 bits per heavy atom. The molecule has 204 valence electrons. The van der Waals surface area contributed by atoms with Crippen LogP contribution in [0.5, 0.6) is 11.8 Å². The van der Waals surface area contributed by atoms with Crippen molar-refractivity contribution in [2.24, 2.45) is 0 Å². The number of nitrogens with zero attached hydrogens (tertiary/aromatic N) is 4. The average Bonchev–Trinajstić information content (AvgIpc) is 2.95. The minimum atomic E-state index is -0.184. The van der Waals surface area contributed by atoms with Gasteiger partial charge in [0.05, 0.1) is 27.2 Å². The number of rotatable bonds is 16. The number of hydrogen-bond donors (Lipinski definition) is 0. The van der Waals surface area contributed by atoms with E-state index in [9.17, 15) is 4.79 Å². The summed E-state index contributed by atoms with van der Waals surface area (Å²) in [4.78, 5) is 27.6. The fourth-order valence-corrected chi connectivity index (χ4v) is 4.41. The largest absolute Gasteiger partial charge is 0.497 e. The van der Waals surface area contributed by atoms with Crippen LogP contribution in [0.4, 0.5) is 5.82 Å². The van der Waals surface area contributed by atoms with E-state index < -0.39 is 0 Å². The number of anilines is 1. The second-order valence-corrected chi connectivity index (χ2v) is 9.35. The van der Waals surface area contributed by atoms with Crippen molar-refractivity contribution in [1.82, 2.24) is 15.0 Å². The Labute approximate surface area is 226 Å². The lowest BCUT2D eigenvalue weighted by molar-refractivity contribution is -0.143. The number of carbonyl (C=O) groups is 1. The molecule has 0 radical (unpaired) electrons. The van der Waals surface area contributed by atoms with Crippen LogP contribution in [0.2, 0.25) is 0 Å². The smallest absolute Gasteiger partial charge is 0.316 e. The number of aromatic nitrogens is 3. The topological polar surface area (TPSA) is 86.7 Å². The zero-order chi connectivity index (χ0) is 27.2. The predicted octanol–water partition coefficient (Wildman–Crippen LogP) is 5.76. The Kier molecular flexibility index (Phi) is 11.8. The Morgan fingerprint density at radius 3 is 2.37 bits per heavy atom. The number of methoxy groups -OCH3 is 2. The van der Waals surface area contributed by atoms with Crippen LogP contribution in [-0.4, -0.2) is 48.8 Å². The predicted molar refractivity (Wildman–Crippen MR) is 149 cm³/mol. The molecule has 0 aliphatic rings. The first kappa shape index (κ1) is 28.9. The van der Waals surface area contributed by atoms with Gasteiger partial charge in [-0.2, -0.15) is 0 Å². The van der Waals surface area contributed by atoms with Crippen LogP contribution in [-0.2, 0) is 22.5 Å². The standard InChI is InChI=1S/C30H40N4O4/c1-5-38-29(35)19-24(25-20-31-30(37-4)32-21-25)11-8-6-7-9-12-26-13-10-14-28(33-26)34(2)22-23-15-17-27(36-3)18-16-23/h10,13-18,20-21,24H,5-9,11-12,19,22H2,1-4H3/t24-/m0/s1. The second kappa shape index (κ2) is 15.5. The summed E-state index contributed by atoms with van der Waals surface area (Å²) in [6, 6.07) is 14.7. The highest BCUT2D eigenvalue weighted by Crippen LogP contribution is 2.27. The monoisotopic (exact) mass is 520 g/mol. The van der Waals surface area contributed by atoms with E-state index >= 15 is 0 Å². The van der Waals surface area contributed by atoms with E-state index in [-0.39, 0.29) is 11.9 Å². The van der Waals surface area contributed by atoms with Gasteiger partial charge in [-0.15, -0.1) is 0 Å². The molecule has 0 aliphatic carbocycles. The van der Waals surface area contributed by atoms with E-state index in [1.54, 1.807) is 19.5 Å². The van der Waals surface area contributed by atoms with E-state index in [2.05, 4.69) is 52.2 Å². The molecule has 0 saturated heterocycles. The van der Waals surface area contributed by atoms with Gasteiger partial charge >= 0.3 is 12.0 Å². The molecule has 2 heterocycles. The van der Waals surface area contributed by atoms with Gasteiger partial charge in [-0.1, -0.05) is 37.5 Å². The summed E-state index contributed by atoms with van der Waals surface area (Å²) < 4.78 is 15.5. The minimum Gasteiger partial charge on any atom is -0.497 e. The van der Waals surface area contributed by atoms with Crippen molar-refractivity contribution in [2.45, 2.75) is 64.3 Å². The van der Waals surface area contributed by atoms with Gasteiger partial charge < -0.3 is 19.1 Å². The van der Waals surface area contributed by atoms with E-state index in [4.69, 9.17) is 19.2 Å². The van der Waals surface area contributed by atoms with Gasteiger partial charge in [-0.3, -0.25) is 4.79 Å². The van der Waals surface area contributed by atoms with Gasteiger partial charge in [0, 0.05) is 31.7 Å². The molecule has 3 rings (SSSR count). The number of aryl methyl sites for hydroxylation is 1. The molecule has 0 aliphatic heterocycles. The van der Waals surface area contributed by atoms with Crippen molar-refractivity contribution in [3.8, 4) is 11.8 Å². The molecule has 0 saturated carbocycles. The fourth-order valence-electron chi connectivity index (χ4n) is 4.41. The van der Waals surface area contributed by atoms with E-state index in [0.29, 0.717) is 19.0 Å². The Morgan fingerprint density at radius 2 is 1.68 bits per heavy atom. The van der Waals surface area contributed by atoms with Gasteiger partial charge in [-0.25, -0.2) is 15.0 Å². The number of unbranched alkanes of at least 4 members (excludes halogenated alkanes) is 3. The molecular formula is C30H40N4O4. The maximum atomic E-state index is 12.1. The van der Waals surface area contributed by atoms with Gasteiger partial charge in [0.25, 0.3) is 0 Å². The first-order valence-electron chi connectivity index (χ1n) is 13.3. The van der Waals surface area contributed by atoms with Crippen LogP contribution in [0.25, 0.3) is 0 Å². The molecule has 0 bridgehead atoms. The highest BCUT2D eigenvalue weighted by Gasteiger charge is 2.18. The van der Waals surface area contributed by atoms with Crippen LogP contribution in [0, 0.1) is 0 Å². The zero-order valence-electron chi connectivity index (χ0n) is 23.1. The summed E-state index contributed by atoms with van der Waals surface area (Å²) in [5, 5.41) is 0. The van der Waals surface area contributed by atoms with Gasteiger partial charge in [-0.05, 0) is 67.5 Å². The lowest BCUT2D eigenvalue weighted by atomic mass is 9.92. The highest BCUT2D eigenvalue weighted by atomic mass is 16.5. The van der Waals surface area contributed by atoms with Crippen molar-refractivity contribution in [2.75, 3.05) is 32.8 Å². The van der Waals surface area contributed by atoms with Crippen LogP contribution >= 0.6 is 0 Å². The molecule has 3 aromatic rings. The van der Waals surface area contributed by atoms with Crippen molar-refractivity contribution >= 4 is 11.8 Å². The maximum Gasteiger partial charge on any atom is 0.316 e. The minimum absolute atomic E-state index is 0.0412. The summed E-state index contributed by atoms with van der Waals surface area (Å²) in [6.45, 7) is 3.00. The number of benzene rings is 1. The first-order valence-corrected chi connectivity index (χ1v) is 13.3. The van der Waals surface area contributed by atoms with Crippen LogP contribution in [0.15, 0.2) is 54.9 Å². The maximum absolute atomic E-state index is 12.1. The molecule has 8 nitrogen and oxygen atoms in total. The lowest BCUT2D eigenvalue weighted by Gasteiger charge is -2.19. The molecule has 1 atom stereocenters. The van der Waals surface area contributed by atoms with E-state index in [0.717, 1.165) is 67.9 Å². The molecular weight excluding hydrogens is 480 g/mol. The van der Waals surface area contributed by atoms with Crippen molar-refractivity contribution in [3.63, 3.8) is 0 Å². The fraction of sp³-hybridized carbons (Fsp3) is 0.467. The third-order valence-electron chi connectivity index (χ3n) is 6.52. The van der Waals surface area contributed by atoms with E-state index in [1.165, 1.54) is 12.7 Å². The molecule has 0 fully saturated rings. The summed E-state index contributed by atoms with van der Waals surface area (Å²) in [6.07, 6.45) is 9.97. The summed E-state index contributed by atoms with van der Waals surface area (Å²) in [7, 11) is 5.28. The Hall–Kier alpha value is -3.68. The molecule has 2 aromatic heterocycles. The highest BCUT2D eigenvalue weighted by molar-refractivity contribution is 5.70. The van der Waals surface area contributed by atoms with Crippen LogP contribution in [0.1, 0.15) is 68.2 Å². The summed E-state index contributed by atoms with van der Waals surface area (Å²) in [5.41, 5.74) is 3.27. The Balaban J connectivity index is 1.44. The molecule has 0 spiro atoms. The average molecular weight is 521 g/mol. The van der Waals surface area contributed by atoms with Crippen molar-refractivity contribution < 1.29 is 19.0 Å². The summed E-state index contributed by atoms with van der Waals surface area (Å²) >= 11 is 0. The number of carbonyl (C=O) groups excluding carboxylic acids is 1. The quantitative estimate of drug-likeness (QED) is 0.174. The number of esters is 1. The van der Waals surface area contributed by atoms with Crippen molar-refractivity contribution in [1.29, 1.82) is 0 Å². The first-order chi connectivity index (χ1) is 18.5. The summed E-state index contributed by atoms with van der Waals surface area (Å²) in [5.74, 6) is 1.69. The number of ether oxygens (including phenoxy) is 3. The SMILES string of the molecule is CCOC(=O)C[C@H](CCCCCCc1cccc(N(C)Cc2ccc(OC)cc2)n1)c1cnc(OC)nc1. The molecule has 0 N–H and O–H groups in total. The van der Waals surface area contributed by atoms with Crippen LogP contribution in [0.3, 0.4) is 0 Å². The molecule has 8 heteroatoms. The van der Waals surface area contributed by atoms with Gasteiger partial charge in [0.15, 0.2) is 0 Å². The third-order valence-corrected chi connectivity index (χ3v) is 6.52. The van der Waals surface area contributed by atoms with Gasteiger partial charge in [0.2, 0.25) is 0 Å². The Bertz CT molecular complexity index is 1110. The molecule has 0 unspecified atom stereocenters. The van der Waals surface area contributed by atoms with E-state index in [1.807, 2.05) is 19.1 Å². The zero-order valence-corrected chi connectivity index (χ0v) is 23.1. The molecule has 1 aromatic carbocycles. The van der Waals surface area contributed by atoms with Gasteiger partial charge in [0.1, 0.15) is 11.6 Å². The van der Waals surface area contributed by atoms with Crippen LogP contribution < -0.4 is 14.4 Å². The molecule has 38 heavy (non-hydrogen) atoms.